The van der Waals surface area contributed by atoms with E-state index in [1.54, 1.807) is 7.11 Å². The molecular weight excluding hydrogens is 370 g/mol. The second-order valence-electron chi connectivity index (χ2n) is 10.4. The Morgan fingerprint density at radius 3 is 2.50 bits per heavy atom. The summed E-state index contributed by atoms with van der Waals surface area (Å²) >= 11 is 0. The van der Waals surface area contributed by atoms with Crippen molar-refractivity contribution in [1.29, 1.82) is 0 Å². The number of likely N-dealkylation sites (tertiary alicyclic amines) is 1. The standard InChI is InChI=1S/C27H37NO2/c1-30-26-8-6-20(9-14-27(29)12-3-2-4-13-27)18-24(26)22-10-15-28(16-11-22)25-19-21-5-7-23(25)17-21/h6,8,18,21-23,25,29H,2-5,7,10-13,15-17,19H2,1H3/t21-,23-,25-/m0/s1. The fourth-order valence-corrected chi connectivity index (χ4v) is 6.78. The van der Waals surface area contributed by atoms with Gasteiger partial charge in [-0.05, 0) is 112 Å². The highest BCUT2D eigenvalue weighted by atomic mass is 16.5. The number of nitrogens with zero attached hydrogens (tertiary/aromatic N) is 1. The molecule has 5 rings (SSSR count). The van der Waals surface area contributed by atoms with Gasteiger partial charge in [-0.2, -0.15) is 0 Å². The van der Waals surface area contributed by atoms with Crippen LogP contribution in [0.2, 0.25) is 0 Å². The minimum absolute atomic E-state index is 0.550. The Balaban J connectivity index is 1.28. The van der Waals surface area contributed by atoms with E-state index >= 15 is 0 Å². The molecule has 4 aliphatic rings. The molecule has 0 amide bonds. The molecular formula is C27H37NO2. The summed E-state index contributed by atoms with van der Waals surface area (Å²) in [5.41, 5.74) is 1.54. The average molecular weight is 408 g/mol. The van der Waals surface area contributed by atoms with Crippen molar-refractivity contribution in [1.82, 2.24) is 4.90 Å². The SMILES string of the molecule is COc1ccc(C#CC2(O)CCCCC2)cc1C1CCN([C@H]2C[C@H]3CC[C@H]2C3)CC1. The van der Waals surface area contributed by atoms with Gasteiger partial charge in [0.05, 0.1) is 7.11 Å². The van der Waals surface area contributed by atoms with Crippen LogP contribution in [-0.2, 0) is 0 Å². The minimum atomic E-state index is -0.787. The van der Waals surface area contributed by atoms with Crippen LogP contribution >= 0.6 is 0 Å². The van der Waals surface area contributed by atoms with Crippen LogP contribution in [0.15, 0.2) is 18.2 Å². The van der Waals surface area contributed by atoms with Gasteiger partial charge in [-0.1, -0.05) is 24.7 Å². The first-order chi connectivity index (χ1) is 14.6. The highest BCUT2D eigenvalue weighted by molar-refractivity contribution is 5.46. The van der Waals surface area contributed by atoms with E-state index in [4.69, 9.17) is 4.74 Å². The van der Waals surface area contributed by atoms with E-state index < -0.39 is 5.60 Å². The van der Waals surface area contributed by atoms with Crippen molar-refractivity contribution in [3.63, 3.8) is 0 Å². The lowest BCUT2D eigenvalue weighted by atomic mass is 9.84. The van der Waals surface area contributed by atoms with E-state index in [1.807, 2.05) is 6.07 Å². The van der Waals surface area contributed by atoms with E-state index in [0.29, 0.717) is 5.92 Å². The van der Waals surface area contributed by atoms with Gasteiger partial charge in [0.2, 0.25) is 0 Å². The van der Waals surface area contributed by atoms with Crippen molar-refractivity contribution >= 4 is 0 Å². The summed E-state index contributed by atoms with van der Waals surface area (Å²) in [7, 11) is 1.78. The molecule has 162 valence electrons. The van der Waals surface area contributed by atoms with Gasteiger partial charge in [0.25, 0.3) is 0 Å². The largest absolute Gasteiger partial charge is 0.496 e. The number of hydrogen-bond donors (Lipinski definition) is 1. The third-order valence-corrected chi connectivity index (χ3v) is 8.49. The van der Waals surface area contributed by atoms with Crippen LogP contribution in [0.3, 0.4) is 0 Å². The molecule has 0 spiro atoms. The number of piperidine rings is 1. The summed E-state index contributed by atoms with van der Waals surface area (Å²) < 4.78 is 5.72. The third kappa shape index (κ3) is 4.14. The van der Waals surface area contributed by atoms with E-state index in [2.05, 4.69) is 28.9 Å². The molecule has 2 bridgehead atoms. The third-order valence-electron chi connectivity index (χ3n) is 8.49. The van der Waals surface area contributed by atoms with Gasteiger partial charge in [-0.25, -0.2) is 0 Å². The molecule has 3 aliphatic carbocycles. The molecule has 1 aromatic carbocycles. The maximum atomic E-state index is 10.7. The maximum Gasteiger partial charge on any atom is 0.125 e. The van der Waals surface area contributed by atoms with Crippen molar-refractivity contribution in [2.24, 2.45) is 11.8 Å². The Bertz CT molecular complexity index is 808. The van der Waals surface area contributed by atoms with Gasteiger partial charge in [-0.15, -0.1) is 0 Å². The number of methoxy groups -OCH3 is 1. The van der Waals surface area contributed by atoms with Gasteiger partial charge in [-0.3, -0.25) is 0 Å². The first-order valence-corrected chi connectivity index (χ1v) is 12.3. The molecule has 1 N–H and O–H groups in total. The smallest absolute Gasteiger partial charge is 0.125 e. The molecule has 30 heavy (non-hydrogen) atoms. The number of fused-ring (bicyclic) bond motifs is 2. The van der Waals surface area contributed by atoms with Crippen molar-refractivity contribution in [3.8, 4) is 17.6 Å². The molecule has 1 saturated heterocycles. The average Bonchev–Trinajstić information content (AvgIpc) is 3.42. The van der Waals surface area contributed by atoms with E-state index in [-0.39, 0.29) is 0 Å². The number of rotatable bonds is 3. The molecule has 1 aromatic rings. The summed E-state index contributed by atoms with van der Waals surface area (Å²) in [5.74, 6) is 10.0. The van der Waals surface area contributed by atoms with E-state index in [9.17, 15) is 5.11 Å². The molecule has 3 saturated carbocycles. The normalized spacial score (nSPS) is 31.3. The van der Waals surface area contributed by atoms with Gasteiger partial charge in [0, 0.05) is 11.6 Å². The fraction of sp³-hybridized carbons (Fsp3) is 0.704. The Morgan fingerprint density at radius 2 is 1.83 bits per heavy atom. The number of aliphatic hydroxyl groups is 1. The van der Waals surface area contributed by atoms with Crippen LogP contribution in [0.5, 0.6) is 5.75 Å². The van der Waals surface area contributed by atoms with Crippen molar-refractivity contribution in [2.45, 2.75) is 88.2 Å². The summed E-state index contributed by atoms with van der Waals surface area (Å²) in [6.07, 6.45) is 13.3. The lowest BCUT2D eigenvalue weighted by Gasteiger charge is -2.40. The molecule has 0 aromatic heterocycles. The zero-order chi connectivity index (χ0) is 20.6. The Labute approximate surface area is 182 Å². The van der Waals surface area contributed by atoms with Crippen molar-refractivity contribution < 1.29 is 9.84 Å². The van der Waals surface area contributed by atoms with Crippen molar-refractivity contribution in [3.05, 3.63) is 29.3 Å². The fourth-order valence-electron chi connectivity index (χ4n) is 6.78. The molecule has 3 atom stereocenters. The zero-order valence-corrected chi connectivity index (χ0v) is 18.5. The predicted octanol–water partition coefficient (Wildman–Crippen LogP) is 5.11. The summed E-state index contributed by atoms with van der Waals surface area (Å²) in [5, 5.41) is 10.7. The number of hydrogen-bond acceptors (Lipinski definition) is 3. The predicted molar refractivity (Wildman–Crippen MR) is 121 cm³/mol. The molecule has 3 heteroatoms. The van der Waals surface area contributed by atoms with Crippen LogP contribution in [0.1, 0.15) is 87.7 Å². The molecule has 4 fully saturated rings. The van der Waals surface area contributed by atoms with Crippen molar-refractivity contribution in [2.75, 3.05) is 20.2 Å². The van der Waals surface area contributed by atoms with Crippen LogP contribution in [-0.4, -0.2) is 41.8 Å². The minimum Gasteiger partial charge on any atom is -0.496 e. The van der Waals surface area contributed by atoms with Gasteiger partial charge < -0.3 is 14.7 Å². The second-order valence-corrected chi connectivity index (χ2v) is 10.4. The zero-order valence-electron chi connectivity index (χ0n) is 18.5. The number of benzene rings is 1. The quantitative estimate of drug-likeness (QED) is 0.707. The monoisotopic (exact) mass is 407 g/mol. The molecule has 3 nitrogen and oxygen atoms in total. The van der Waals surface area contributed by atoms with Crippen LogP contribution in [0, 0.1) is 23.7 Å². The van der Waals surface area contributed by atoms with Crippen LogP contribution < -0.4 is 4.74 Å². The van der Waals surface area contributed by atoms with Crippen LogP contribution in [0.25, 0.3) is 0 Å². The molecule has 0 unspecified atom stereocenters. The number of ether oxygens (including phenoxy) is 1. The lowest BCUT2D eigenvalue weighted by Crippen LogP contribution is -2.43. The Kier molecular flexibility index (Phi) is 5.82. The van der Waals surface area contributed by atoms with Gasteiger partial charge >= 0.3 is 0 Å². The lowest BCUT2D eigenvalue weighted by molar-refractivity contribution is 0.0610. The van der Waals surface area contributed by atoms with Crippen LogP contribution in [0.4, 0.5) is 0 Å². The second kappa shape index (κ2) is 8.56. The Hall–Kier alpha value is -1.50. The highest BCUT2D eigenvalue weighted by Gasteiger charge is 2.43. The maximum absolute atomic E-state index is 10.7. The highest BCUT2D eigenvalue weighted by Crippen LogP contribution is 2.48. The van der Waals surface area contributed by atoms with Gasteiger partial charge in [0.1, 0.15) is 11.4 Å². The van der Waals surface area contributed by atoms with E-state index in [0.717, 1.165) is 54.9 Å². The molecule has 0 radical (unpaired) electrons. The first-order valence-electron chi connectivity index (χ1n) is 12.3. The molecule has 1 aliphatic heterocycles. The Morgan fingerprint density at radius 1 is 1.03 bits per heavy atom. The van der Waals surface area contributed by atoms with Gasteiger partial charge in [0.15, 0.2) is 0 Å². The summed E-state index contributed by atoms with van der Waals surface area (Å²) in [6.45, 7) is 2.44. The van der Waals surface area contributed by atoms with E-state index in [1.165, 1.54) is 63.6 Å². The summed E-state index contributed by atoms with van der Waals surface area (Å²) in [4.78, 5) is 2.80. The summed E-state index contributed by atoms with van der Waals surface area (Å²) in [6, 6.07) is 7.22. The first kappa shape index (κ1) is 20.4. The molecule has 1 heterocycles. The topological polar surface area (TPSA) is 32.7 Å².